The van der Waals surface area contributed by atoms with Crippen LogP contribution in [0.25, 0.3) is 0 Å². The van der Waals surface area contributed by atoms with E-state index in [9.17, 15) is 9.59 Å². The van der Waals surface area contributed by atoms with Crippen molar-refractivity contribution in [3.63, 3.8) is 0 Å². The smallest absolute Gasteiger partial charge is 0.305 e. The Morgan fingerprint density at radius 3 is 2.73 bits per heavy atom. The summed E-state index contributed by atoms with van der Waals surface area (Å²) in [7, 11) is 0. The highest BCUT2D eigenvalue weighted by molar-refractivity contribution is 8.15. The largest absolute Gasteiger partial charge is 0.490 e. The minimum absolute atomic E-state index is 0.263. The third-order valence-electron chi connectivity index (χ3n) is 4.00. The van der Waals surface area contributed by atoms with Gasteiger partial charge < -0.3 is 19.9 Å². The molecule has 0 radical (unpaired) electrons. The molecule has 1 amide bonds. The number of aliphatic carboxylic acids is 1. The van der Waals surface area contributed by atoms with Gasteiger partial charge in [0.05, 0.1) is 19.2 Å². The Hall–Kier alpha value is -3.33. The van der Waals surface area contributed by atoms with Crippen LogP contribution in [0.2, 0.25) is 0 Å². The van der Waals surface area contributed by atoms with Crippen LogP contribution in [0.3, 0.4) is 0 Å². The van der Waals surface area contributed by atoms with Gasteiger partial charge in [0.1, 0.15) is 11.9 Å². The summed E-state index contributed by atoms with van der Waals surface area (Å²) < 4.78 is 11.5. The molecule has 1 aliphatic rings. The van der Waals surface area contributed by atoms with Crippen LogP contribution in [-0.2, 0) is 16.2 Å². The number of hydrogen-bond donors (Lipinski definition) is 2. The first-order chi connectivity index (χ1) is 14.5. The van der Waals surface area contributed by atoms with Crippen molar-refractivity contribution in [1.82, 2.24) is 5.32 Å². The van der Waals surface area contributed by atoms with Gasteiger partial charge in [0.15, 0.2) is 16.7 Å². The minimum atomic E-state index is -1.04. The fourth-order valence-corrected chi connectivity index (χ4v) is 3.54. The van der Waals surface area contributed by atoms with Crippen LogP contribution in [0, 0.1) is 0 Å². The predicted octanol–water partition coefficient (Wildman–Crippen LogP) is 3.06. The van der Waals surface area contributed by atoms with Crippen molar-refractivity contribution < 1.29 is 24.2 Å². The zero-order valence-corrected chi connectivity index (χ0v) is 17.1. The average Bonchev–Trinajstić information content (AvgIpc) is 3.07. The van der Waals surface area contributed by atoms with E-state index in [1.54, 1.807) is 12.1 Å². The van der Waals surface area contributed by atoms with E-state index in [4.69, 9.17) is 14.6 Å². The SMILES string of the molecule is CCOc1cc(C=N/N=C2\NC(=O)C(CC(=O)O)S2)ccc1OCc1ccccc1. The van der Waals surface area contributed by atoms with Gasteiger partial charge in [-0.25, -0.2) is 0 Å². The van der Waals surface area contributed by atoms with Crippen molar-refractivity contribution in [2.24, 2.45) is 10.2 Å². The molecule has 0 bridgehead atoms. The number of nitrogens with zero attached hydrogens (tertiary/aromatic N) is 2. The van der Waals surface area contributed by atoms with E-state index in [1.807, 2.05) is 43.3 Å². The first-order valence-corrected chi connectivity index (χ1v) is 10.2. The van der Waals surface area contributed by atoms with Crippen molar-refractivity contribution in [3.05, 3.63) is 59.7 Å². The molecule has 0 spiro atoms. The molecule has 0 aromatic heterocycles. The van der Waals surface area contributed by atoms with Crippen molar-refractivity contribution in [3.8, 4) is 11.5 Å². The van der Waals surface area contributed by atoms with Crippen LogP contribution in [-0.4, -0.2) is 40.2 Å². The second-order valence-corrected chi connectivity index (χ2v) is 7.45. The molecule has 2 aromatic carbocycles. The van der Waals surface area contributed by atoms with Crippen LogP contribution in [0.15, 0.2) is 58.7 Å². The molecule has 0 saturated carbocycles. The predicted molar refractivity (Wildman–Crippen MR) is 115 cm³/mol. The number of carboxylic acid groups (broad SMARTS) is 1. The Morgan fingerprint density at radius 1 is 1.20 bits per heavy atom. The molecule has 1 unspecified atom stereocenters. The lowest BCUT2D eigenvalue weighted by atomic mass is 10.2. The fourth-order valence-electron chi connectivity index (χ4n) is 2.62. The van der Waals surface area contributed by atoms with E-state index in [0.717, 1.165) is 22.9 Å². The number of amides is 1. The summed E-state index contributed by atoms with van der Waals surface area (Å²) in [5.74, 6) is -0.199. The number of benzene rings is 2. The maximum Gasteiger partial charge on any atom is 0.305 e. The number of rotatable bonds is 9. The lowest BCUT2D eigenvalue weighted by Crippen LogP contribution is -2.26. The minimum Gasteiger partial charge on any atom is -0.490 e. The first-order valence-electron chi connectivity index (χ1n) is 9.29. The van der Waals surface area contributed by atoms with E-state index in [2.05, 4.69) is 15.5 Å². The number of carboxylic acids is 1. The standard InChI is InChI=1S/C21H21N3O5S/c1-2-28-17-10-15(8-9-16(17)29-13-14-6-4-3-5-7-14)12-22-24-21-23-20(27)18(30-21)11-19(25)26/h3-10,12,18H,2,11,13H2,1H3,(H,25,26)(H,23,24,27). The number of carbonyl (C=O) groups is 2. The van der Waals surface area contributed by atoms with Gasteiger partial charge in [0.25, 0.3) is 0 Å². The van der Waals surface area contributed by atoms with E-state index < -0.39 is 11.2 Å². The van der Waals surface area contributed by atoms with Gasteiger partial charge in [-0.1, -0.05) is 42.1 Å². The second-order valence-electron chi connectivity index (χ2n) is 6.26. The summed E-state index contributed by atoms with van der Waals surface area (Å²) in [6, 6.07) is 15.3. The summed E-state index contributed by atoms with van der Waals surface area (Å²) >= 11 is 1.05. The van der Waals surface area contributed by atoms with Crippen LogP contribution >= 0.6 is 11.8 Å². The normalized spacial score (nSPS) is 17.3. The van der Waals surface area contributed by atoms with Gasteiger partial charge in [-0.15, -0.1) is 5.10 Å². The highest BCUT2D eigenvalue weighted by Gasteiger charge is 2.32. The zero-order chi connectivity index (χ0) is 21.3. The summed E-state index contributed by atoms with van der Waals surface area (Å²) in [5.41, 5.74) is 1.80. The van der Waals surface area contributed by atoms with Crippen molar-refractivity contribution in [2.75, 3.05) is 6.61 Å². The first kappa shape index (κ1) is 21.4. The Labute approximate surface area is 178 Å². The number of thioether (sulfide) groups is 1. The number of nitrogens with one attached hydrogen (secondary N) is 1. The Balaban J connectivity index is 1.65. The number of amidine groups is 1. The van der Waals surface area contributed by atoms with Crippen LogP contribution in [0.1, 0.15) is 24.5 Å². The summed E-state index contributed by atoms with van der Waals surface area (Å²) in [6.07, 6.45) is 1.26. The van der Waals surface area contributed by atoms with E-state index >= 15 is 0 Å². The lowest BCUT2D eigenvalue weighted by Gasteiger charge is -2.12. The van der Waals surface area contributed by atoms with Gasteiger partial charge in [0.2, 0.25) is 5.91 Å². The number of ether oxygens (including phenoxy) is 2. The monoisotopic (exact) mass is 427 g/mol. The van der Waals surface area contributed by atoms with Gasteiger partial charge in [0, 0.05) is 0 Å². The molecule has 156 valence electrons. The maximum absolute atomic E-state index is 11.7. The zero-order valence-electron chi connectivity index (χ0n) is 16.3. The molecule has 1 heterocycles. The van der Waals surface area contributed by atoms with Gasteiger partial charge in [-0.3, -0.25) is 9.59 Å². The molecule has 0 aliphatic carbocycles. The Morgan fingerprint density at radius 2 is 2.00 bits per heavy atom. The quantitative estimate of drug-likeness (QED) is 0.470. The van der Waals surface area contributed by atoms with Crippen LogP contribution in [0.4, 0.5) is 0 Å². The van der Waals surface area contributed by atoms with Crippen LogP contribution in [0.5, 0.6) is 11.5 Å². The maximum atomic E-state index is 11.7. The number of hydrogen-bond acceptors (Lipinski definition) is 7. The summed E-state index contributed by atoms with van der Waals surface area (Å²) in [4.78, 5) is 22.5. The highest BCUT2D eigenvalue weighted by Crippen LogP contribution is 2.29. The third-order valence-corrected chi connectivity index (χ3v) is 5.07. The van der Waals surface area contributed by atoms with E-state index in [-0.39, 0.29) is 17.5 Å². The Bertz CT molecular complexity index is 962. The van der Waals surface area contributed by atoms with Gasteiger partial charge in [-0.05, 0) is 36.2 Å². The van der Waals surface area contributed by atoms with Crippen molar-refractivity contribution >= 4 is 35.0 Å². The molecule has 3 rings (SSSR count). The van der Waals surface area contributed by atoms with E-state index in [1.165, 1.54) is 6.21 Å². The van der Waals surface area contributed by atoms with Crippen molar-refractivity contribution in [1.29, 1.82) is 0 Å². The summed E-state index contributed by atoms with van der Waals surface area (Å²) in [5, 5.41) is 18.8. The highest BCUT2D eigenvalue weighted by atomic mass is 32.2. The summed E-state index contributed by atoms with van der Waals surface area (Å²) in [6.45, 7) is 2.80. The molecule has 30 heavy (non-hydrogen) atoms. The van der Waals surface area contributed by atoms with Gasteiger partial charge >= 0.3 is 5.97 Å². The molecule has 1 fully saturated rings. The lowest BCUT2D eigenvalue weighted by molar-refractivity contribution is -0.138. The average molecular weight is 427 g/mol. The molecule has 1 aliphatic heterocycles. The fraction of sp³-hybridized carbons (Fsp3) is 0.238. The molecule has 1 saturated heterocycles. The molecular weight excluding hydrogens is 406 g/mol. The number of carbonyl (C=O) groups excluding carboxylic acids is 1. The topological polar surface area (TPSA) is 110 Å². The molecule has 1 atom stereocenters. The third kappa shape index (κ3) is 6.08. The molecule has 2 aromatic rings. The van der Waals surface area contributed by atoms with Gasteiger partial charge in [-0.2, -0.15) is 5.10 Å². The van der Waals surface area contributed by atoms with E-state index in [0.29, 0.717) is 24.7 Å². The second kappa shape index (κ2) is 10.4. The van der Waals surface area contributed by atoms with Crippen molar-refractivity contribution in [2.45, 2.75) is 25.2 Å². The Kier molecular flexibility index (Phi) is 7.45. The molecule has 2 N–H and O–H groups in total. The molecule has 9 heteroatoms. The van der Waals surface area contributed by atoms with Crippen LogP contribution < -0.4 is 14.8 Å². The molecule has 8 nitrogen and oxygen atoms in total. The molecular formula is C21H21N3O5S.